The number of nitrogens with zero attached hydrogens (tertiary/aromatic N) is 4. The molecule has 1 N–H and O–H groups in total. The topological polar surface area (TPSA) is 80.2 Å². The van der Waals surface area contributed by atoms with Crippen molar-refractivity contribution in [3.05, 3.63) is 5.82 Å². The molecule has 1 fully saturated rings. The summed E-state index contributed by atoms with van der Waals surface area (Å²) in [5.74, 6) is 1.17. The van der Waals surface area contributed by atoms with E-state index >= 15 is 0 Å². The molecule has 110 valence electrons. The number of carbonyl (C=O) groups excluding carboxylic acids is 1. The molecule has 1 aromatic heterocycles. The predicted molar refractivity (Wildman–Crippen MR) is 74.6 cm³/mol. The van der Waals surface area contributed by atoms with Gasteiger partial charge in [-0.05, 0) is 19.3 Å². The fourth-order valence-electron chi connectivity index (χ4n) is 2.11. The molecule has 0 spiro atoms. The SMILES string of the molecule is CCCC(=O)NCc1nc(OC)nc(N2CCCC2)n1. The van der Waals surface area contributed by atoms with E-state index in [4.69, 9.17) is 4.74 Å². The number of hydrogen-bond acceptors (Lipinski definition) is 6. The average Bonchev–Trinajstić information content (AvgIpc) is 2.99. The number of hydrogen-bond donors (Lipinski definition) is 1. The molecule has 2 heterocycles. The van der Waals surface area contributed by atoms with Gasteiger partial charge in [0.1, 0.15) is 0 Å². The van der Waals surface area contributed by atoms with Crippen LogP contribution in [-0.2, 0) is 11.3 Å². The summed E-state index contributed by atoms with van der Waals surface area (Å²) < 4.78 is 5.11. The fraction of sp³-hybridized carbons (Fsp3) is 0.692. The van der Waals surface area contributed by atoms with E-state index in [-0.39, 0.29) is 5.91 Å². The van der Waals surface area contributed by atoms with Crippen molar-refractivity contribution in [3.63, 3.8) is 0 Å². The summed E-state index contributed by atoms with van der Waals surface area (Å²) in [6, 6.07) is 0.293. The van der Waals surface area contributed by atoms with Crippen LogP contribution in [0.2, 0.25) is 0 Å². The van der Waals surface area contributed by atoms with Gasteiger partial charge in [0.2, 0.25) is 11.9 Å². The van der Waals surface area contributed by atoms with Gasteiger partial charge < -0.3 is 15.0 Å². The van der Waals surface area contributed by atoms with E-state index in [1.807, 2.05) is 6.92 Å². The highest BCUT2D eigenvalue weighted by Crippen LogP contribution is 2.17. The van der Waals surface area contributed by atoms with Crippen molar-refractivity contribution in [2.45, 2.75) is 39.2 Å². The summed E-state index contributed by atoms with van der Waals surface area (Å²) in [7, 11) is 1.53. The van der Waals surface area contributed by atoms with Crippen molar-refractivity contribution < 1.29 is 9.53 Å². The zero-order chi connectivity index (χ0) is 14.4. The molecule has 1 aliphatic rings. The van der Waals surface area contributed by atoms with Crippen LogP contribution in [0, 0.1) is 0 Å². The summed E-state index contributed by atoms with van der Waals surface area (Å²) in [4.78, 5) is 26.4. The van der Waals surface area contributed by atoms with Gasteiger partial charge in [-0.1, -0.05) is 6.92 Å². The van der Waals surface area contributed by atoms with Crippen molar-refractivity contribution in [2.75, 3.05) is 25.1 Å². The minimum absolute atomic E-state index is 0.00889. The molecule has 0 aliphatic carbocycles. The minimum Gasteiger partial charge on any atom is -0.467 e. The van der Waals surface area contributed by atoms with Crippen LogP contribution in [-0.4, -0.2) is 41.1 Å². The molecule has 1 saturated heterocycles. The highest BCUT2D eigenvalue weighted by molar-refractivity contribution is 5.75. The van der Waals surface area contributed by atoms with E-state index in [9.17, 15) is 4.79 Å². The highest BCUT2D eigenvalue weighted by Gasteiger charge is 2.17. The quantitative estimate of drug-likeness (QED) is 0.833. The third-order valence-electron chi connectivity index (χ3n) is 3.14. The van der Waals surface area contributed by atoms with Gasteiger partial charge >= 0.3 is 6.01 Å². The van der Waals surface area contributed by atoms with E-state index < -0.39 is 0 Å². The van der Waals surface area contributed by atoms with Crippen LogP contribution in [0.5, 0.6) is 6.01 Å². The Bertz CT molecular complexity index is 460. The van der Waals surface area contributed by atoms with Crippen molar-refractivity contribution in [1.29, 1.82) is 0 Å². The lowest BCUT2D eigenvalue weighted by Gasteiger charge is -2.16. The molecule has 0 atom stereocenters. The molecule has 0 radical (unpaired) electrons. The molecule has 1 amide bonds. The average molecular weight is 279 g/mol. The second kappa shape index (κ2) is 7.02. The Morgan fingerprint density at radius 2 is 2.05 bits per heavy atom. The summed E-state index contributed by atoms with van der Waals surface area (Å²) in [5.41, 5.74) is 0. The third kappa shape index (κ3) is 3.79. The Morgan fingerprint density at radius 1 is 1.30 bits per heavy atom. The van der Waals surface area contributed by atoms with Gasteiger partial charge in [0.15, 0.2) is 5.82 Å². The lowest BCUT2D eigenvalue weighted by molar-refractivity contribution is -0.121. The maximum atomic E-state index is 11.5. The first-order valence-electron chi connectivity index (χ1n) is 7.03. The summed E-state index contributed by atoms with van der Waals surface area (Å²) >= 11 is 0. The zero-order valence-corrected chi connectivity index (χ0v) is 12.1. The number of ether oxygens (including phenoxy) is 1. The number of nitrogens with one attached hydrogen (secondary N) is 1. The van der Waals surface area contributed by atoms with Crippen LogP contribution < -0.4 is 15.0 Å². The van der Waals surface area contributed by atoms with Gasteiger partial charge in [0.05, 0.1) is 13.7 Å². The molecule has 1 aromatic rings. The lowest BCUT2D eigenvalue weighted by atomic mass is 10.3. The smallest absolute Gasteiger partial charge is 0.321 e. The van der Waals surface area contributed by atoms with Crippen molar-refractivity contribution in [2.24, 2.45) is 0 Å². The maximum absolute atomic E-state index is 11.5. The molecule has 0 saturated carbocycles. The van der Waals surface area contributed by atoms with Gasteiger partial charge in [-0.2, -0.15) is 15.0 Å². The first-order valence-corrected chi connectivity index (χ1v) is 7.03. The van der Waals surface area contributed by atoms with Crippen LogP contribution >= 0.6 is 0 Å². The number of aromatic nitrogens is 3. The van der Waals surface area contributed by atoms with Crippen molar-refractivity contribution >= 4 is 11.9 Å². The molecule has 20 heavy (non-hydrogen) atoms. The standard InChI is InChI=1S/C13H21N5O2/c1-3-6-11(19)14-9-10-15-12(17-13(16-10)20-2)18-7-4-5-8-18/h3-9H2,1-2H3,(H,14,19). The van der Waals surface area contributed by atoms with E-state index in [0.29, 0.717) is 30.7 Å². The maximum Gasteiger partial charge on any atom is 0.321 e. The Morgan fingerprint density at radius 3 is 2.70 bits per heavy atom. The summed E-state index contributed by atoms with van der Waals surface area (Å²) in [6.45, 7) is 4.18. The number of carbonyl (C=O) groups is 1. The van der Waals surface area contributed by atoms with Crippen LogP contribution in [0.4, 0.5) is 5.95 Å². The Labute approximate surface area is 118 Å². The molecule has 0 bridgehead atoms. The molecular weight excluding hydrogens is 258 g/mol. The fourth-order valence-corrected chi connectivity index (χ4v) is 2.11. The molecular formula is C13H21N5O2. The molecule has 2 rings (SSSR count). The number of rotatable bonds is 6. The third-order valence-corrected chi connectivity index (χ3v) is 3.14. The first kappa shape index (κ1) is 14.5. The highest BCUT2D eigenvalue weighted by atomic mass is 16.5. The summed E-state index contributed by atoms with van der Waals surface area (Å²) in [5, 5.41) is 2.80. The normalized spacial score (nSPS) is 14.4. The van der Waals surface area contributed by atoms with E-state index in [1.54, 1.807) is 0 Å². The van der Waals surface area contributed by atoms with Crippen LogP contribution in [0.1, 0.15) is 38.4 Å². The number of anilines is 1. The molecule has 0 aromatic carbocycles. The second-order valence-corrected chi connectivity index (χ2v) is 4.76. The van der Waals surface area contributed by atoms with Gasteiger partial charge in [0, 0.05) is 19.5 Å². The molecule has 7 nitrogen and oxygen atoms in total. The molecule has 1 aliphatic heterocycles. The van der Waals surface area contributed by atoms with Crippen molar-refractivity contribution in [3.8, 4) is 6.01 Å². The molecule has 0 unspecified atom stereocenters. The second-order valence-electron chi connectivity index (χ2n) is 4.76. The van der Waals surface area contributed by atoms with Gasteiger partial charge in [-0.3, -0.25) is 4.79 Å². The van der Waals surface area contributed by atoms with Crippen LogP contribution in [0.25, 0.3) is 0 Å². The largest absolute Gasteiger partial charge is 0.467 e. The van der Waals surface area contributed by atoms with Crippen LogP contribution in [0.15, 0.2) is 0 Å². The van der Waals surface area contributed by atoms with Crippen LogP contribution in [0.3, 0.4) is 0 Å². The van der Waals surface area contributed by atoms with Gasteiger partial charge in [-0.25, -0.2) is 0 Å². The first-order chi connectivity index (χ1) is 9.72. The Balaban J connectivity index is 2.07. The lowest BCUT2D eigenvalue weighted by Crippen LogP contribution is -2.26. The number of methoxy groups -OCH3 is 1. The zero-order valence-electron chi connectivity index (χ0n) is 12.1. The minimum atomic E-state index is 0.00889. The van der Waals surface area contributed by atoms with E-state index in [0.717, 1.165) is 32.4 Å². The summed E-state index contributed by atoms with van der Waals surface area (Å²) in [6.07, 6.45) is 3.64. The Hall–Kier alpha value is -1.92. The number of amides is 1. The monoisotopic (exact) mass is 279 g/mol. The van der Waals surface area contributed by atoms with E-state index in [1.165, 1.54) is 7.11 Å². The van der Waals surface area contributed by atoms with Gasteiger partial charge in [0.25, 0.3) is 0 Å². The van der Waals surface area contributed by atoms with Gasteiger partial charge in [-0.15, -0.1) is 0 Å². The van der Waals surface area contributed by atoms with E-state index in [2.05, 4.69) is 25.2 Å². The Kier molecular flexibility index (Phi) is 5.09. The predicted octanol–water partition coefficient (Wildman–Crippen LogP) is 0.897. The van der Waals surface area contributed by atoms with Crippen molar-refractivity contribution in [1.82, 2.24) is 20.3 Å². The molecule has 7 heteroatoms.